The van der Waals surface area contributed by atoms with Gasteiger partial charge in [0.05, 0.1) is 13.5 Å². The van der Waals surface area contributed by atoms with Gasteiger partial charge in [0.1, 0.15) is 5.75 Å². The van der Waals surface area contributed by atoms with Crippen LogP contribution >= 0.6 is 0 Å². The second-order valence-corrected chi connectivity index (χ2v) is 3.97. The van der Waals surface area contributed by atoms with Crippen molar-refractivity contribution < 1.29 is 14.6 Å². The first-order chi connectivity index (χ1) is 8.70. The first kappa shape index (κ1) is 12.2. The van der Waals surface area contributed by atoms with Gasteiger partial charge in [-0.1, -0.05) is 42.5 Å². The molecule has 0 saturated heterocycles. The number of hydrogen-bond acceptors (Lipinski definition) is 3. The van der Waals surface area contributed by atoms with E-state index in [0.717, 1.165) is 16.7 Å². The van der Waals surface area contributed by atoms with E-state index in [-0.39, 0.29) is 18.1 Å². The van der Waals surface area contributed by atoms with Crippen LogP contribution in [-0.2, 0) is 16.0 Å². The summed E-state index contributed by atoms with van der Waals surface area (Å²) < 4.78 is 4.64. The zero-order valence-corrected chi connectivity index (χ0v) is 10.1. The number of hydrogen-bond donors (Lipinski definition) is 1. The molecule has 0 aliphatic rings. The molecule has 0 aliphatic carbocycles. The second-order valence-electron chi connectivity index (χ2n) is 3.97. The average molecular weight is 242 g/mol. The Labute approximate surface area is 106 Å². The van der Waals surface area contributed by atoms with Gasteiger partial charge in [-0.15, -0.1) is 0 Å². The first-order valence-electron chi connectivity index (χ1n) is 5.65. The lowest BCUT2D eigenvalue weighted by Crippen LogP contribution is -2.04. The summed E-state index contributed by atoms with van der Waals surface area (Å²) >= 11 is 0. The maximum Gasteiger partial charge on any atom is 0.309 e. The molecule has 0 saturated carbocycles. The van der Waals surface area contributed by atoms with E-state index in [1.807, 2.05) is 36.4 Å². The molecular formula is C15H14O3. The molecule has 0 fully saturated rings. The number of carbonyl (C=O) groups excluding carboxylic acids is 1. The van der Waals surface area contributed by atoms with Crippen LogP contribution in [0.4, 0.5) is 0 Å². The normalized spacial score (nSPS) is 10.1. The number of phenols is 1. The molecule has 0 radical (unpaired) electrons. The average Bonchev–Trinajstić information content (AvgIpc) is 2.39. The summed E-state index contributed by atoms with van der Waals surface area (Å²) in [6.45, 7) is 0. The molecule has 0 amide bonds. The van der Waals surface area contributed by atoms with E-state index in [9.17, 15) is 9.90 Å². The molecule has 0 spiro atoms. The molecule has 2 aromatic carbocycles. The number of ether oxygens (including phenoxy) is 1. The predicted molar refractivity (Wildman–Crippen MR) is 69.3 cm³/mol. The number of para-hydroxylation sites is 1. The van der Waals surface area contributed by atoms with Gasteiger partial charge < -0.3 is 9.84 Å². The van der Waals surface area contributed by atoms with Crippen molar-refractivity contribution in [1.82, 2.24) is 0 Å². The van der Waals surface area contributed by atoms with Crippen molar-refractivity contribution >= 4 is 5.97 Å². The molecule has 1 N–H and O–H groups in total. The highest BCUT2D eigenvalue weighted by molar-refractivity contribution is 5.75. The lowest BCUT2D eigenvalue weighted by Gasteiger charge is -2.06. The third-order valence-electron chi connectivity index (χ3n) is 2.72. The van der Waals surface area contributed by atoms with Crippen molar-refractivity contribution in [1.29, 1.82) is 0 Å². The fourth-order valence-corrected chi connectivity index (χ4v) is 1.81. The van der Waals surface area contributed by atoms with E-state index in [4.69, 9.17) is 0 Å². The molecule has 0 aromatic heterocycles. The molecule has 0 heterocycles. The number of aromatic hydroxyl groups is 1. The Morgan fingerprint density at radius 2 is 1.94 bits per heavy atom. The zero-order chi connectivity index (χ0) is 13.0. The van der Waals surface area contributed by atoms with E-state index >= 15 is 0 Å². The molecule has 0 aliphatic heterocycles. The van der Waals surface area contributed by atoms with E-state index in [0.29, 0.717) is 0 Å². The number of esters is 1. The number of benzene rings is 2. The Morgan fingerprint density at radius 3 is 2.67 bits per heavy atom. The smallest absolute Gasteiger partial charge is 0.309 e. The number of methoxy groups -OCH3 is 1. The summed E-state index contributed by atoms with van der Waals surface area (Å²) in [4.78, 5) is 11.2. The van der Waals surface area contributed by atoms with Crippen molar-refractivity contribution in [2.24, 2.45) is 0 Å². The van der Waals surface area contributed by atoms with Crippen molar-refractivity contribution in [2.75, 3.05) is 7.11 Å². The first-order valence-corrected chi connectivity index (χ1v) is 5.65. The lowest BCUT2D eigenvalue weighted by atomic mass is 10.0. The van der Waals surface area contributed by atoms with Gasteiger partial charge in [-0.25, -0.2) is 0 Å². The van der Waals surface area contributed by atoms with Gasteiger partial charge >= 0.3 is 5.97 Å². The Balaban J connectivity index is 2.33. The quantitative estimate of drug-likeness (QED) is 0.842. The predicted octanol–water partition coefficient (Wildman–Crippen LogP) is 2.77. The Morgan fingerprint density at radius 1 is 1.17 bits per heavy atom. The van der Waals surface area contributed by atoms with Crippen molar-refractivity contribution in [3.05, 3.63) is 54.1 Å². The van der Waals surface area contributed by atoms with Crippen LogP contribution in [0, 0.1) is 0 Å². The Bertz CT molecular complexity index is 561. The Kier molecular flexibility index (Phi) is 3.63. The third kappa shape index (κ3) is 2.69. The SMILES string of the molecule is COC(=O)Cc1cccc(-c2ccccc2O)c1. The maximum absolute atomic E-state index is 11.2. The van der Waals surface area contributed by atoms with Crippen molar-refractivity contribution in [3.8, 4) is 16.9 Å². The Hall–Kier alpha value is -2.29. The number of carbonyl (C=O) groups is 1. The summed E-state index contributed by atoms with van der Waals surface area (Å²) in [5.41, 5.74) is 2.50. The largest absolute Gasteiger partial charge is 0.507 e. The maximum atomic E-state index is 11.2. The van der Waals surface area contributed by atoms with Crippen LogP contribution < -0.4 is 0 Å². The standard InChI is InChI=1S/C15H14O3/c1-18-15(17)10-11-5-4-6-12(9-11)13-7-2-3-8-14(13)16/h2-9,16H,10H2,1H3. The van der Waals surface area contributed by atoms with Crippen molar-refractivity contribution in [3.63, 3.8) is 0 Å². The van der Waals surface area contributed by atoms with Gasteiger partial charge in [0.25, 0.3) is 0 Å². The van der Waals surface area contributed by atoms with Gasteiger partial charge in [0, 0.05) is 5.56 Å². The van der Waals surface area contributed by atoms with Gasteiger partial charge in [-0.3, -0.25) is 4.79 Å². The van der Waals surface area contributed by atoms with Gasteiger partial charge in [0.2, 0.25) is 0 Å². The van der Waals surface area contributed by atoms with Crippen LogP contribution in [0.5, 0.6) is 5.75 Å². The van der Waals surface area contributed by atoms with Crippen molar-refractivity contribution in [2.45, 2.75) is 6.42 Å². The molecule has 2 aromatic rings. The van der Waals surface area contributed by atoms with E-state index in [2.05, 4.69) is 4.74 Å². The molecule has 0 atom stereocenters. The highest BCUT2D eigenvalue weighted by atomic mass is 16.5. The number of rotatable bonds is 3. The summed E-state index contributed by atoms with van der Waals surface area (Å²) in [5.74, 6) is -0.0443. The van der Waals surface area contributed by atoms with Crippen LogP contribution in [0.25, 0.3) is 11.1 Å². The third-order valence-corrected chi connectivity index (χ3v) is 2.72. The molecule has 0 unspecified atom stereocenters. The summed E-state index contributed by atoms with van der Waals surface area (Å²) in [5, 5.41) is 9.79. The summed E-state index contributed by atoms with van der Waals surface area (Å²) in [6, 6.07) is 14.6. The van der Waals surface area contributed by atoms with Gasteiger partial charge in [-0.05, 0) is 17.2 Å². The van der Waals surface area contributed by atoms with E-state index in [1.165, 1.54) is 7.11 Å². The topological polar surface area (TPSA) is 46.5 Å². The van der Waals surface area contributed by atoms with Crippen LogP contribution in [0.1, 0.15) is 5.56 Å². The van der Waals surface area contributed by atoms with Gasteiger partial charge in [0.15, 0.2) is 0 Å². The fourth-order valence-electron chi connectivity index (χ4n) is 1.81. The second kappa shape index (κ2) is 5.36. The molecule has 0 bridgehead atoms. The minimum absolute atomic E-state index is 0.229. The molecule has 18 heavy (non-hydrogen) atoms. The summed E-state index contributed by atoms with van der Waals surface area (Å²) in [7, 11) is 1.37. The minimum Gasteiger partial charge on any atom is -0.507 e. The monoisotopic (exact) mass is 242 g/mol. The van der Waals surface area contributed by atoms with E-state index < -0.39 is 0 Å². The molecular weight excluding hydrogens is 228 g/mol. The summed E-state index contributed by atoms with van der Waals surface area (Å²) in [6.07, 6.45) is 0.234. The van der Waals surface area contributed by atoms with Crippen LogP contribution in [0.2, 0.25) is 0 Å². The highest BCUT2D eigenvalue weighted by Crippen LogP contribution is 2.29. The lowest BCUT2D eigenvalue weighted by molar-refractivity contribution is -0.139. The fraction of sp³-hybridized carbons (Fsp3) is 0.133. The minimum atomic E-state index is -0.274. The van der Waals surface area contributed by atoms with Crippen LogP contribution in [0.3, 0.4) is 0 Å². The van der Waals surface area contributed by atoms with Gasteiger partial charge in [-0.2, -0.15) is 0 Å². The molecule has 3 heteroatoms. The molecule has 3 nitrogen and oxygen atoms in total. The highest BCUT2D eigenvalue weighted by Gasteiger charge is 2.06. The molecule has 92 valence electrons. The van der Waals surface area contributed by atoms with Crippen LogP contribution in [-0.4, -0.2) is 18.2 Å². The number of phenolic OH excluding ortho intramolecular Hbond substituents is 1. The van der Waals surface area contributed by atoms with E-state index in [1.54, 1.807) is 12.1 Å². The molecule has 2 rings (SSSR count). The zero-order valence-electron chi connectivity index (χ0n) is 10.1. The van der Waals surface area contributed by atoms with Crippen LogP contribution in [0.15, 0.2) is 48.5 Å².